The monoisotopic (exact) mass is 469 g/mol. The van der Waals surface area contributed by atoms with E-state index in [1.807, 2.05) is 13.8 Å². The predicted molar refractivity (Wildman–Crippen MR) is 113 cm³/mol. The Kier molecular flexibility index (Phi) is 16.5. The van der Waals surface area contributed by atoms with Gasteiger partial charge in [-0.25, -0.2) is 0 Å². The van der Waals surface area contributed by atoms with Gasteiger partial charge >= 0.3 is 5.97 Å². The number of guanidine groups is 1. The Morgan fingerprint density at radius 3 is 2.56 bits per heavy atom. The number of carbonyl (C=O) groups is 1. The lowest BCUT2D eigenvalue weighted by atomic mass is 9.98. The Balaban J connectivity index is 0.00000576. The van der Waals surface area contributed by atoms with Crippen molar-refractivity contribution >= 4 is 35.9 Å². The number of esters is 1. The van der Waals surface area contributed by atoms with Crippen LogP contribution in [0.4, 0.5) is 0 Å². The van der Waals surface area contributed by atoms with Gasteiger partial charge in [0.15, 0.2) is 5.96 Å². The maximum absolute atomic E-state index is 11.3. The number of nitrogens with zero attached hydrogens (tertiary/aromatic N) is 1. The van der Waals surface area contributed by atoms with Crippen LogP contribution in [-0.2, 0) is 14.3 Å². The lowest BCUT2D eigenvalue weighted by Gasteiger charge is -2.22. The molecule has 0 saturated heterocycles. The molecule has 0 heterocycles. The summed E-state index contributed by atoms with van der Waals surface area (Å²) in [5, 5.41) is 6.53. The van der Waals surface area contributed by atoms with E-state index in [1.165, 1.54) is 32.1 Å². The molecule has 0 aliphatic heterocycles. The Labute approximate surface area is 169 Å². The van der Waals surface area contributed by atoms with Crippen molar-refractivity contribution in [3.8, 4) is 0 Å². The van der Waals surface area contributed by atoms with Crippen molar-refractivity contribution in [1.82, 2.24) is 10.6 Å². The van der Waals surface area contributed by atoms with Gasteiger partial charge < -0.3 is 20.1 Å². The molecule has 25 heavy (non-hydrogen) atoms. The summed E-state index contributed by atoms with van der Waals surface area (Å²) >= 11 is 0. The highest BCUT2D eigenvalue weighted by Gasteiger charge is 2.12. The summed E-state index contributed by atoms with van der Waals surface area (Å²) in [5.74, 6) is 0.657. The maximum Gasteiger partial charge on any atom is 0.305 e. The smallest absolute Gasteiger partial charge is 0.305 e. The van der Waals surface area contributed by atoms with E-state index < -0.39 is 0 Å². The predicted octanol–water partition coefficient (Wildman–Crippen LogP) is 3.24. The molecule has 1 rings (SSSR count). The Morgan fingerprint density at radius 1 is 1.12 bits per heavy atom. The summed E-state index contributed by atoms with van der Waals surface area (Å²) in [4.78, 5) is 15.8. The fourth-order valence-electron chi connectivity index (χ4n) is 2.75. The number of carbonyl (C=O) groups excluding carboxylic acids is 1. The number of halogens is 1. The normalized spacial score (nSPS) is 15.4. The van der Waals surface area contributed by atoms with Gasteiger partial charge in [0, 0.05) is 32.7 Å². The highest BCUT2D eigenvalue weighted by atomic mass is 127. The number of nitrogens with one attached hydrogen (secondary N) is 2. The topological polar surface area (TPSA) is 72.0 Å². The van der Waals surface area contributed by atoms with E-state index in [0.717, 1.165) is 32.1 Å². The van der Waals surface area contributed by atoms with Crippen molar-refractivity contribution in [3.05, 3.63) is 0 Å². The number of hydrogen-bond acceptors (Lipinski definition) is 4. The molecule has 2 N–H and O–H groups in total. The molecule has 0 aromatic carbocycles. The molecule has 148 valence electrons. The van der Waals surface area contributed by atoms with Crippen LogP contribution >= 0.6 is 24.0 Å². The number of hydrogen-bond donors (Lipinski definition) is 2. The van der Waals surface area contributed by atoms with Crippen LogP contribution in [0.2, 0.25) is 0 Å². The molecule has 1 aliphatic carbocycles. The largest absolute Gasteiger partial charge is 0.466 e. The van der Waals surface area contributed by atoms with Crippen LogP contribution in [0.25, 0.3) is 0 Å². The van der Waals surface area contributed by atoms with Gasteiger partial charge in [-0.1, -0.05) is 19.3 Å². The highest BCUT2D eigenvalue weighted by Crippen LogP contribution is 2.20. The first kappa shape index (κ1) is 24.4. The van der Waals surface area contributed by atoms with Crippen LogP contribution in [0.1, 0.15) is 65.2 Å². The molecule has 0 aromatic heterocycles. The summed E-state index contributed by atoms with van der Waals surface area (Å²) in [5.41, 5.74) is 0. The Hall–Kier alpha value is -0.570. The summed E-state index contributed by atoms with van der Waals surface area (Å²) in [6, 6.07) is 0. The van der Waals surface area contributed by atoms with Crippen molar-refractivity contribution in [2.24, 2.45) is 4.99 Å². The zero-order valence-electron chi connectivity index (χ0n) is 15.8. The molecule has 1 fully saturated rings. The molecule has 0 atom stereocenters. The van der Waals surface area contributed by atoms with E-state index >= 15 is 0 Å². The van der Waals surface area contributed by atoms with Crippen LogP contribution in [0.15, 0.2) is 4.99 Å². The average molecular weight is 469 g/mol. The number of rotatable bonds is 11. The fourth-order valence-corrected chi connectivity index (χ4v) is 2.75. The second-order valence-electron chi connectivity index (χ2n) is 6.08. The van der Waals surface area contributed by atoms with Gasteiger partial charge in [0.25, 0.3) is 0 Å². The van der Waals surface area contributed by atoms with Crippen molar-refractivity contribution in [1.29, 1.82) is 0 Å². The summed E-state index contributed by atoms with van der Waals surface area (Å²) in [6.07, 6.45) is 9.01. The SMILES string of the molecule is CCNC(=NCCCC(=O)OCC)NCCCOC1CCCCC1.I. The minimum atomic E-state index is -0.148. The van der Waals surface area contributed by atoms with Gasteiger partial charge in [0.1, 0.15) is 0 Å². The molecule has 7 heteroatoms. The first-order valence-electron chi connectivity index (χ1n) is 9.55. The van der Waals surface area contributed by atoms with E-state index in [0.29, 0.717) is 32.1 Å². The van der Waals surface area contributed by atoms with E-state index in [1.54, 1.807) is 0 Å². The van der Waals surface area contributed by atoms with Crippen LogP contribution in [-0.4, -0.2) is 50.9 Å². The van der Waals surface area contributed by atoms with Gasteiger partial charge in [0.05, 0.1) is 12.7 Å². The third-order valence-electron chi connectivity index (χ3n) is 3.98. The van der Waals surface area contributed by atoms with Crippen molar-refractivity contribution in [2.75, 3.05) is 32.8 Å². The lowest BCUT2D eigenvalue weighted by molar-refractivity contribution is -0.143. The molecule has 0 aromatic rings. The second kappa shape index (κ2) is 16.9. The van der Waals surface area contributed by atoms with E-state index in [4.69, 9.17) is 9.47 Å². The van der Waals surface area contributed by atoms with Gasteiger partial charge in [0.2, 0.25) is 0 Å². The lowest BCUT2D eigenvalue weighted by Crippen LogP contribution is -2.38. The second-order valence-corrected chi connectivity index (χ2v) is 6.08. The third-order valence-corrected chi connectivity index (χ3v) is 3.98. The first-order chi connectivity index (χ1) is 11.8. The third kappa shape index (κ3) is 13.3. The Morgan fingerprint density at radius 2 is 1.88 bits per heavy atom. The summed E-state index contributed by atoms with van der Waals surface area (Å²) in [6.45, 7) is 7.39. The van der Waals surface area contributed by atoms with E-state index in [9.17, 15) is 4.79 Å². The quantitative estimate of drug-likeness (QED) is 0.160. The molecule has 0 amide bonds. The standard InChI is InChI=1S/C18H35N3O3.HI/c1-3-19-18(20-13-8-12-17(22)23-4-2)21-14-9-15-24-16-10-6-5-7-11-16;/h16H,3-15H2,1-2H3,(H2,19,20,21);1H. The van der Waals surface area contributed by atoms with Crippen LogP contribution in [0.5, 0.6) is 0 Å². The maximum atomic E-state index is 11.3. The van der Waals surface area contributed by atoms with Crippen molar-refractivity contribution in [3.63, 3.8) is 0 Å². The van der Waals surface area contributed by atoms with Gasteiger partial charge in [-0.15, -0.1) is 24.0 Å². The van der Waals surface area contributed by atoms with Gasteiger partial charge in [-0.2, -0.15) is 0 Å². The van der Waals surface area contributed by atoms with Gasteiger partial charge in [-0.3, -0.25) is 9.79 Å². The molecule has 0 radical (unpaired) electrons. The Bertz CT molecular complexity index is 361. The molecule has 0 unspecified atom stereocenters. The summed E-state index contributed by atoms with van der Waals surface area (Å²) < 4.78 is 10.8. The molecular weight excluding hydrogens is 433 g/mol. The van der Waals surface area contributed by atoms with Crippen molar-refractivity contribution in [2.45, 2.75) is 71.3 Å². The minimum Gasteiger partial charge on any atom is -0.466 e. The number of aliphatic imine (C=N–C) groups is 1. The average Bonchev–Trinajstić information content (AvgIpc) is 2.59. The first-order valence-corrected chi connectivity index (χ1v) is 9.55. The fraction of sp³-hybridized carbons (Fsp3) is 0.889. The minimum absolute atomic E-state index is 0. The van der Waals surface area contributed by atoms with Gasteiger partial charge in [-0.05, 0) is 39.5 Å². The van der Waals surface area contributed by atoms with Crippen LogP contribution < -0.4 is 10.6 Å². The molecule has 1 saturated carbocycles. The molecule has 0 spiro atoms. The van der Waals surface area contributed by atoms with Crippen molar-refractivity contribution < 1.29 is 14.3 Å². The van der Waals surface area contributed by atoms with Crippen LogP contribution in [0, 0.1) is 0 Å². The molecule has 1 aliphatic rings. The van der Waals surface area contributed by atoms with Crippen LogP contribution in [0.3, 0.4) is 0 Å². The summed E-state index contributed by atoms with van der Waals surface area (Å²) in [7, 11) is 0. The molecule has 0 bridgehead atoms. The molecule has 6 nitrogen and oxygen atoms in total. The highest BCUT2D eigenvalue weighted by molar-refractivity contribution is 14.0. The number of ether oxygens (including phenoxy) is 2. The van der Waals surface area contributed by atoms with E-state index in [2.05, 4.69) is 15.6 Å². The zero-order chi connectivity index (χ0) is 17.5. The van der Waals surface area contributed by atoms with E-state index in [-0.39, 0.29) is 29.9 Å². The molecular formula is C18H36IN3O3. The zero-order valence-corrected chi connectivity index (χ0v) is 18.2.